The molecular weight excluding hydrogens is 450 g/mol. The van der Waals surface area contributed by atoms with Crippen LogP contribution in [0.3, 0.4) is 0 Å². The summed E-state index contributed by atoms with van der Waals surface area (Å²) in [6.45, 7) is 0. The summed E-state index contributed by atoms with van der Waals surface area (Å²) in [6.07, 6.45) is 4.20. The number of anilines is 2. The molecule has 0 saturated heterocycles. The smallest absolute Gasteiger partial charge is 0.268 e. The van der Waals surface area contributed by atoms with Crippen LogP contribution >= 0.6 is 34.3 Å². The van der Waals surface area contributed by atoms with Crippen molar-refractivity contribution in [3.8, 4) is 16.3 Å². The second kappa shape index (κ2) is 8.15. The van der Waals surface area contributed by atoms with Gasteiger partial charge in [0.05, 0.1) is 29.1 Å². The first kappa shape index (κ1) is 20.3. The summed E-state index contributed by atoms with van der Waals surface area (Å²) in [5.74, 6) is 0.246. The Hall–Kier alpha value is -2.61. The van der Waals surface area contributed by atoms with E-state index in [1.165, 1.54) is 22.5 Å². The lowest BCUT2D eigenvalue weighted by molar-refractivity contribution is 0.103. The van der Waals surface area contributed by atoms with E-state index in [9.17, 15) is 4.79 Å². The number of carbonyl (C=O) groups is 1. The quantitative estimate of drug-likeness (QED) is 0.362. The van der Waals surface area contributed by atoms with Crippen molar-refractivity contribution in [2.45, 2.75) is 25.7 Å². The van der Waals surface area contributed by atoms with Gasteiger partial charge in [0.2, 0.25) is 0 Å². The fraction of sp³-hybridized carbons (Fsp3) is 0.217. The molecule has 3 heterocycles. The maximum absolute atomic E-state index is 13.2. The fourth-order valence-electron chi connectivity index (χ4n) is 4.16. The topological polar surface area (TPSA) is 77.2 Å². The highest BCUT2D eigenvalue weighted by Crippen LogP contribution is 2.43. The van der Waals surface area contributed by atoms with Gasteiger partial charge in [-0.05, 0) is 66.5 Å². The highest BCUT2D eigenvalue weighted by atomic mass is 35.5. The number of ether oxygens (including phenoxy) is 1. The largest absolute Gasteiger partial charge is 0.495 e. The number of amides is 1. The summed E-state index contributed by atoms with van der Waals surface area (Å²) in [5.41, 5.74) is 11.1. The molecule has 1 aromatic carbocycles. The normalized spacial score (nSPS) is 13.2. The number of benzene rings is 1. The van der Waals surface area contributed by atoms with Gasteiger partial charge in [0.25, 0.3) is 5.91 Å². The van der Waals surface area contributed by atoms with Crippen molar-refractivity contribution in [2.75, 3.05) is 18.2 Å². The molecule has 1 aliphatic carbocycles. The summed E-state index contributed by atoms with van der Waals surface area (Å²) in [7, 11) is 1.55. The molecule has 3 N–H and O–H groups in total. The Bertz CT molecular complexity index is 1300. The predicted octanol–water partition coefficient (Wildman–Crippen LogP) is 6.40. The number of nitrogens with zero attached hydrogens (tertiary/aromatic N) is 1. The van der Waals surface area contributed by atoms with Crippen LogP contribution < -0.4 is 15.8 Å². The van der Waals surface area contributed by atoms with Gasteiger partial charge in [0.1, 0.15) is 15.5 Å². The van der Waals surface area contributed by atoms with Crippen LogP contribution in [0.15, 0.2) is 35.7 Å². The third-order valence-corrected chi connectivity index (χ3v) is 7.78. The van der Waals surface area contributed by atoms with E-state index in [1.54, 1.807) is 36.6 Å². The first-order valence-electron chi connectivity index (χ1n) is 9.99. The van der Waals surface area contributed by atoms with Crippen LogP contribution in [-0.4, -0.2) is 18.0 Å². The van der Waals surface area contributed by atoms with E-state index in [2.05, 4.69) is 16.8 Å². The van der Waals surface area contributed by atoms with Gasteiger partial charge in [-0.15, -0.1) is 22.7 Å². The molecule has 5 nitrogen and oxygen atoms in total. The Morgan fingerprint density at radius 3 is 2.77 bits per heavy atom. The second-order valence-electron chi connectivity index (χ2n) is 7.43. The third-order valence-electron chi connectivity index (χ3n) is 5.57. The van der Waals surface area contributed by atoms with Crippen LogP contribution in [0, 0.1) is 0 Å². The molecule has 0 bridgehead atoms. The van der Waals surface area contributed by atoms with E-state index in [0.717, 1.165) is 46.5 Å². The molecule has 31 heavy (non-hydrogen) atoms. The molecule has 1 amide bonds. The van der Waals surface area contributed by atoms with Crippen LogP contribution in [0.25, 0.3) is 20.8 Å². The van der Waals surface area contributed by atoms with Crippen molar-refractivity contribution < 1.29 is 9.53 Å². The zero-order valence-electron chi connectivity index (χ0n) is 16.8. The number of rotatable bonds is 4. The lowest BCUT2D eigenvalue weighted by Crippen LogP contribution is -2.13. The minimum absolute atomic E-state index is 0.289. The number of nitrogens with two attached hydrogens (primary N) is 1. The third kappa shape index (κ3) is 3.56. The van der Waals surface area contributed by atoms with E-state index in [4.69, 9.17) is 27.1 Å². The van der Waals surface area contributed by atoms with E-state index >= 15 is 0 Å². The Labute approximate surface area is 192 Å². The number of halogens is 1. The molecule has 0 spiro atoms. The molecule has 1 aliphatic rings. The van der Waals surface area contributed by atoms with E-state index in [0.29, 0.717) is 27.0 Å². The standard InChI is InChI=1S/C23H20ClN3O2S2/c1-29-16-9-8-12(24)11-15(16)26-22(28)21-19(25)18-13-5-2-3-6-14(13)20(27-23(18)31-21)17-7-4-10-30-17/h4,7-11H,2-3,5-6,25H2,1H3,(H,26,28). The van der Waals surface area contributed by atoms with Gasteiger partial charge in [-0.1, -0.05) is 17.7 Å². The highest BCUT2D eigenvalue weighted by molar-refractivity contribution is 7.21. The van der Waals surface area contributed by atoms with Gasteiger partial charge in [0.15, 0.2) is 0 Å². The van der Waals surface area contributed by atoms with Crippen molar-refractivity contribution in [3.05, 3.63) is 56.7 Å². The van der Waals surface area contributed by atoms with Crippen molar-refractivity contribution in [3.63, 3.8) is 0 Å². The zero-order valence-corrected chi connectivity index (χ0v) is 19.2. The van der Waals surface area contributed by atoms with Gasteiger partial charge in [-0.3, -0.25) is 4.79 Å². The Morgan fingerprint density at radius 1 is 1.23 bits per heavy atom. The van der Waals surface area contributed by atoms with Crippen LogP contribution in [0.4, 0.5) is 11.4 Å². The van der Waals surface area contributed by atoms with Crippen LogP contribution in [-0.2, 0) is 12.8 Å². The average Bonchev–Trinajstić information content (AvgIpc) is 3.42. The number of hydrogen-bond donors (Lipinski definition) is 2. The molecule has 0 fully saturated rings. The number of aromatic nitrogens is 1. The summed E-state index contributed by atoms with van der Waals surface area (Å²) in [4.78, 5) is 20.6. The minimum atomic E-state index is -0.289. The second-order valence-corrected chi connectivity index (χ2v) is 9.81. The Kier molecular flexibility index (Phi) is 5.33. The molecule has 0 radical (unpaired) electrons. The summed E-state index contributed by atoms with van der Waals surface area (Å²) in [6, 6.07) is 9.24. The van der Waals surface area contributed by atoms with Crippen molar-refractivity contribution in [1.29, 1.82) is 0 Å². The van der Waals surface area contributed by atoms with Crippen molar-refractivity contribution >= 4 is 61.8 Å². The Morgan fingerprint density at radius 2 is 2.03 bits per heavy atom. The van der Waals surface area contributed by atoms with Crippen molar-refractivity contribution in [2.24, 2.45) is 0 Å². The number of aryl methyl sites for hydroxylation is 1. The number of nitrogen functional groups attached to an aromatic ring is 1. The molecule has 3 aromatic heterocycles. The summed E-state index contributed by atoms with van der Waals surface area (Å²) >= 11 is 9.13. The van der Waals surface area contributed by atoms with E-state index in [1.807, 2.05) is 6.07 Å². The summed E-state index contributed by atoms with van der Waals surface area (Å²) in [5, 5.41) is 6.41. The number of fused-ring (bicyclic) bond motifs is 3. The highest BCUT2D eigenvalue weighted by Gasteiger charge is 2.26. The number of carbonyl (C=O) groups excluding carboxylic acids is 1. The first-order valence-corrected chi connectivity index (χ1v) is 12.1. The average molecular weight is 470 g/mol. The van der Waals surface area contributed by atoms with Gasteiger partial charge in [-0.2, -0.15) is 0 Å². The minimum Gasteiger partial charge on any atom is -0.495 e. The van der Waals surface area contributed by atoms with Gasteiger partial charge < -0.3 is 15.8 Å². The molecule has 4 aromatic rings. The van der Waals surface area contributed by atoms with Gasteiger partial charge in [0, 0.05) is 10.4 Å². The van der Waals surface area contributed by atoms with Crippen LogP contribution in [0.1, 0.15) is 33.6 Å². The number of nitrogens with one attached hydrogen (secondary N) is 1. The molecule has 0 saturated carbocycles. The van der Waals surface area contributed by atoms with Gasteiger partial charge >= 0.3 is 0 Å². The Balaban J connectivity index is 1.62. The summed E-state index contributed by atoms with van der Waals surface area (Å²) < 4.78 is 5.35. The fourth-order valence-corrected chi connectivity index (χ4v) is 6.09. The maximum Gasteiger partial charge on any atom is 0.268 e. The first-order chi connectivity index (χ1) is 15.1. The van der Waals surface area contributed by atoms with Gasteiger partial charge in [-0.25, -0.2) is 4.98 Å². The number of thiophene rings is 2. The zero-order chi connectivity index (χ0) is 21.5. The molecule has 5 rings (SSSR count). The molecule has 8 heteroatoms. The van der Waals surface area contributed by atoms with Crippen LogP contribution in [0.2, 0.25) is 5.02 Å². The molecular formula is C23H20ClN3O2S2. The lowest BCUT2D eigenvalue weighted by atomic mass is 9.88. The van der Waals surface area contributed by atoms with E-state index < -0.39 is 0 Å². The monoisotopic (exact) mass is 469 g/mol. The number of hydrogen-bond acceptors (Lipinski definition) is 6. The number of methoxy groups -OCH3 is 1. The van der Waals surface area contributed by atoms with Crippen LogP contribution in [0.5, 0.6) is 5.75 Å². The predicted molar refractivity (Wildman–Crippen MR) is 130 cm³/mol. The molecule has 0 aliphatic heterocycles. The van der Waals surface area contributed by atoms with E-state index in [-0.39, 0.29) is 5.91 Å². The molecule has 0 atom stereocenters. The molecule has 0 unspecified atom stereocenters. The van der Waals surface area contributed by atoms with Crippen molar-refractivity contribution in [1.82, 2.24) is 4.98 Å². The molecule has 158 valence electrons. The lowest BCUT2D eigenvalue weighted by Gasteiger charge is -2.19. The number of pyridine rings is 1. The SMILES string of the molecule is COc1ccc(Cl)cc1NC(=O)c1sc2nc(-c3cccs3)c3c(c2c1N)CCCC3. The maximum atomic E-state index is 13.2.